The molecule has 0 radical (unpaired) electrons. The zero-order chi connectivity index (χ0) is 26.9. The van der Waals surface area contributed by atoms with Crippen LogP contribution in [-0.4, -0.2) is 30.2 Å². The van der Waals surface area contributed by atoms with Crippen molar-refractivity contribution in [2.24, 2.45) is 7.05 Å². The molecule has 0 spiro atoms. The van der Waals surface area contributed by atoms with Gasteiger partial charge in [0.15, 0.2) is 0 Å². The second kappa shape index (κ2) is 10.3. The van der Waals surface area contributed by atoms with E-state index in [4.69, 9.17) is 11.6 Å². The molecule has 8 nitrogen and oxygen atoms in total. The highest BCUT2D eigenvalue weighted by Gasteiger charge is 2.28. The smallest absolute Gasteiger partial charge is 0.295 e. The molecule has 4 aromatic rings. The Morgan fingerprint density at radius 2 is 1.59 bits per heavy atom. The van der Waals surface area contributed by atoms with Crippen molar-refractivity contribution in [2.75, 3.05) is 16.2 Å². The third-order valence-corrected chi connectivity index (χ3v) is 8.33. The Kier molecular flexibility index (Phi) is 7.29. The minimum Gasteiger partial charge on any atom is -0.318 e. The lowest BCUT2D eigenvalue weighted by atomic mass is 10.1. The van der Waals surface area contributed by atoms with Crippen molar-refractivity contribution < 1.29 is 13.2 Å². The van der Waals surface area contributed by atoms with Gasteiger partial charge in [-0.05, 0) is 80.4 Å². The van der Waals surface area contributed by atoms with E-state index in [0.717, 1.165) is 15.4 Å². The summed E-state index contributed by atoms with van der Waals surface area (Å²) in [7, 11) is -2.41. The number of amides is 1. The van der Waals surface area contributed by atoms with Gasteiger partial charge in [-0.25, -0.2) is 13.1 Å². The average Bonchev–Trinajstić information content (AvgIpc) is 3.08. The maximum absolute atomic E-state index is 13.6. The fourth-order valence-electron chi connectivity index (χ4n) is 3.95. The van der Waals surface area contributed by atoms with E-state index in [1.807, 2.05) is 32.0 Å². The predicted octanol–water partition coefficient (Wildman–Crippen LogP) is 4.59. The summed E-state index contributed by atoms with van der Waals surface area (Å²) >= 11 is 5.95. The summed E-state index contributed by atoms with van der Waals surface area (Å²) < 4.78 is 31.4. The number of anilines is 2. The van der Waals surface area contributed by atoms with Crippen molar-refractivity contribution in [3.8, 4) is 5.69 Å². The lowest BCUT2D eigenvalue weighted by Gasteiger charge is -2.24. The molecule has 0 fully saturated rings. The van der Waals surface area contributed by atoms with E-state index in [2.05, 4.69) is 5.32 Å². The summed E-state index contributed by atoms with van der Waals surface area (Å²) in [6, 6.07) is 19.9. The van der Waals surface area contributed by atoms with Crippen LogP contribution in [0.1, 0.15) is 16.8 Å². The summed E-state index contributed by atoms with van der Waals surface area (Å²) in [6.07, 6.45) is 0. The van der Waals surface area contributed by atoms with Crippen LogP contribution < -0.4 is 15.2 Å². The monoisotopic (exact) mass is 538 g/mol. The van der Waals surface area contributed by atoms with E-state index >= 15 is 0 Å². The molecular weight excluding hydrogens is 512 g/mol. The molecule has 37 heavy (non-hydrogen) atoms. The van der Waals surface area contributed by atoms with E-state index in [1.54, 1.807) is 49.0 Å². The lowest BCUT2D eigenvalue weighted by Crippen LogP contribution is -2.39. The molecule has 0 aliphatic carbocycles. The minimum absolute atomic E-state index is 0.00902. The molecule has 0 atom stereocenters. The normalized spacial score (nSPS) is 11.4. The number of nitrogens with zero attached hydrogens (tertiary/aromatic N) is 3. The largest absolute Gasteiger partial charge is 0.318 e. The van der Waals surface area contributed by atoms with Crippen molar-refractivity contribution in [3.63, 3.8) is 0 Å². The van der Waals surface area contributed by atoms with Crippen LogP contribution in [0.5, 0.6) is 0 Å². The first-order chi connectivity index (χ1) is 17.5. The van der Waals surface area contributed by atoms with Gasteiger partial charge in [0.25, 0.3) is 15.6 Å². The molecule has 1 N–H and O–H groups in total. The molecule has 1 amide bonds. The summed E-state index contributed by atoms with van der Waals surface area (Å²) in [5.74, 6) is -0.651. The van der Waals surface area contributed by atoms with Gasteiger partial charge in [-0.1, -0.05) is 35.9 Å². The van der Waals surface area contributed by atoms with Crippen LogP contribution in [-0.2, 0) is 21.9 Å². The van der Waals surface area contributed by atoms with Crippen LogP contribution in [0.3, 0.4) is 0 Å². The molecule has 10 heteroatoms. The standard InChI is InChI=1S/C27H27ClN4O4S/c1-18-10-13-23(16-19(18)2)31(37(35,36)24-14-11-21(28)12-15-24)17-25(33)29-26-20(3)30(4)32(27(26)34)22-8-6-5-7-9-22/h5-16H,17H2,1-4H3,(H,29,33). The molecule has 0 bridgehead atoms. The molecular formula is C27H27ClN4O4S. The van der Waals surface area contributed by atoms with E-state index in [1.165, 1.54) is 28.9 Å². The van der Waals surface area contributed by atoms with Crippen molar-refractivity contribution in [3.05, 3.63) is 105 Å². The molecule has 0 saturated carbocycles. The van der Waals surface area contributed by atoms with Crippen LogP contribution in [0.2, 0.25) is 5.02 Å². The summed E-state index contributed by atoms with van der Waals surface area (Å²) in [4.78, 5) is 26.5. The van der Waals surface area contributed by atoms with Gasteiger partial charge in [-0.3, -0.25) is 18.6 Å². The number of benzene rings is 3. The molecule has 1 heterocycles. The van der Waals surface area contributed by atoms with Crippen LogP contribution >= 0.6 is 11.6 Å². The van der Waals surface area contributed by atoms with Crippen molar-refractivity contribution in [2.45, 2.75) is 25.7 Å². The van der Waals surface area contributed by atoms with E-state index < -0.39 is 28.0 Å². The maximum Gasteiger partial charge on any atom is 0.295 e. The van der Waals surface area contributed by atoms with E-state index in [0.29, 0.717) is 22.1 Å². The molecule has 3 aromatic carbocycles. The van der Waals surface area contributed by atoms with Crippen LogP contribution in [0.25, 0.3) is 5.69 Å². The number of para-hydroxylation sites is 1. The van der Waals surface area contributed by atoms with Crippen LogP contribution in [0.15, 0.2) is 82.5 Å². The molecule has 1 aromatic heterocycles. The van der Waals surface area contributed by atoms with Crippen molar-refractivity contribution in [1.82, 2.24) is 9.36 Å². The summed E-state index contributed by atoms with van der Waals surface area (Å²) in [5.41, 5.74) is 3.02. The lowest BCUT2D eigenvalue weighted by molar-refractivity contribution is -0.114. The fourth-order valence-corrected chi connectivity index (χ4v) is 5.49. The van der Waals surface area contributed by atoms with Crippen molar-refractivity contribution >= 4 is 38.9 Å². The quantitative estimate of drug-likeness (QED) is 0.372. The number of rotatable bonds is 7. The number of aryl methyl sites for hydroxylation is 2. The molecule has 4 rings (SSSR count). The molecule has 192 valence electrons. The molecule has 0 aliphatic rings. The predicted molar refractivity (Wildman–Crippen MR) is 146 cm³/mol. The Morgan fingerprint density at radius 3 is 2.22 bits per heavy atom. The Balaban J connectivity index is 1.71. The zero-order valence-corrected chi connectivity index (χ0v) is 22.5. The highest BCUT2D eigenvalue weighted by atomic mass is 35.5. The van der Waals surface area contributed by atoms with Gasteiger partial charge in [-0.2, -0.15) is 0 Å². The topological polar surface area (TPSA) is 93.4 Å². The van der Waals surface area contributed by atoms with Gasteiger partial charge < -0.3 is 5.32 Å². The second-order valence-electron chi connectivity index (χ2n) is 8.72. The van der Waals surface area contributed by atoms with Gasteiger partial charge in [0, 0.05) is 12.1 Å². The van der Waals surface area contributed by atoms with E-state index in [-0.39, 0.29) is 10.6 Å². The van der Waals surface area contributed by atoms with Gasteiger partial charge in [0.2, 0.25) is 5.91 Å². The fraction of sp³-hybridized carbons (Fsp3) is 0.185. The number of hydrogen-bond donors (Lipinski definition) is 1. The summed E-state index contributed by atoms with van der Waals surface area (Å²) in [6.45, 7) is 4.96. The minimum atomic E-state index is -4.13. The van der Waals surface area contributed by atoms with Gasteiger partial charge in [-0.15, -0.1) is 0 Å². The highest BCUT2D eigenvalue weighted by Crippen LogP contribution is 2.27. The summed E-state index contributed by atoms with van der Waals surface area (Å²) in [5, 5.41) is 3.04. The van der Waals surface area contributed by atoms with Gasteiger partial charge in [0.1, 0.15) is 12.2 Å². The third kappa shape index (κ3) is 5.19. The van der Waals surface area contributed by atoms with E-state index in [9.17, 15) is 18.0 Å². The first-order valence-electron chi connectivity index (χ1n) is 11.5. The molecule has 0 aliphatic heterocycles. The number of halogens is 1. The maximum atomic E-state index is 13.6. The number of carbonyl (C=O) groups excluding carboxylic acids is 1. The molecule has 0 saturated heterocycles. The first-order valence-corrected chi connectivity index (χ1v) is 13.3. The van der Waals surface area contributed by atoms with Crippen molar-refractivity contribution in [1.29, 1.82) is 0 Å². The number of hydrogen-bond acceptors (Lipinski definition) is 4. The SMILES string of the molecule is Cc1ccc(N(CC(=O)Nc2c(C)n(C)n(-c3ccccc3)c2=O)S(=O)(=O)c2ccc(Cl)cc2)cc1C. The average molecular weight is 539 g/mol. The second-order valence-corrected chi connectivity index (χ2v) is 11.0. The molecule has 0 unspecified atom stereocenters. The van der Waals surface area contributed by atoms with Crippen LogP contribution in [0, 0.1) is 20.8 Å². The Hall–Kier alpha value is -3.82. The van der Waals surface area contributed by atoms with Crippen LogP contribution in [0.4, 0.5) is 11.4 Å². The Bertz CT molecular complexity index is 1630. The number of sulfonamides is 1. The Labute approximate surface area is 220 Å². The highest BCUT2D eigenvalue weighted by molar-refractivity contribution is 7.92. The number of carbonyl (C=O) groups is 1. The zero-order valence-electron chi connectivity index (χ0n) is 20.9. The number of aromatic nitrogens is 2. The first kappa shape index (κ1) is 26.2. The van der Waals surface area contributed by atoms with Gasteiger partial charge >= 0.3 is 0 Å². The third-order valence-electron chi connectivity index (χ3n) is 6.29. The number of nitrogens with one attached hydrogen (secondary N) is 1. The Morgan fingerprint density at radius 1 is 0.946 bits per heavy atom. The van der Waals surface area contributed by atoms with Gasteiger partial charge in [0.05, 0.1) is 22.0 Å².